The topological polar surface area (TPSA) is 21.3 Å². The summed E-state index contributed by atoms with van der Waals surface area (Å²) in [6, 6.07) is 4.84. The van der Waals surface area contributed by atoms with E-state index in [0.29, 0.717) is 22.0 Å². The van der Waals surface area contributed by atoms with Gasteiger partial charge in [0, 0.05) is 10.5 Å². The average molecular weight is 366 g/mol. The van der Waals surface area contributed by atoms with Gasteiger partial charge in [-0.15, -0.1) is 13.2 Å². The Kier molecular flexibility index (Phi) is 5.07. The first-order chi connectivity index (χ1) is 9.74. The maximum absolute atomic E-state index is 12.5. The monoisotopic (exact) mass is 365 g/mol. The number of hydrogen-bond donors (Lipinski definition) is 1. The van der Waals surface area contributed by atoms with Gasteiger partial charge in [-0.25, -0.2) is 0 Å². The van der Waals surface area contributed by atoms with Crippen molar-refractivity contribution in [3.8, 4) is 5.75 Å². The standard InChI is InChI=1S/C15H19BrF3NO/c1-9-3-4-10(2)13(7-9)20-12-6-5-11(16)8-14(12)21-15(17,18)19/h5-6,8-10,13,20H,3-4,7H2,1-2H3. The summed E-state index contributed by atoms with van der Waals surface area (Å²) in [5.74, 6) is 0.826. The van der Waals surface area contributed by atoms with Crippen molar-refractivity contribution in [3.63, 3.8) is 0 Å². The lowest BCUT2D eigenvalue weighted by Gasteiger charge is -2.34. The van der Waals surface area contributed by atoms with Crippen molar-refractivity contribution in [2.75, 3.05) is 5.32 Å². The third-order valence-electron chi connectivity index (χ3n) is 3.97. The molecule has 1 aliphatic carbocycles. The van der Waals surface area contributed by atoms with Gasteiger partial charge in [-0.05, 0) is 42.9 Å². The molecular formula is C15H19BrF3NO. The molecule has 1 aromatic rings. The van der Waals surface area contributed by atoms with Gasteiger partial charge in [-0.1, -0.05) is 36.2 Å². The molecule has 118 valence electrons. The molecule has 2 rings (SSSR count). The zero-order chi connectivity index (χ0) is 15.6. The van der Waals surface area contributed by atoms with Gasteiger partial charge in [-0.2, -0.15) is 0 Å². The van der Waals surface area contributed by atoms with E-state index in [1.54, 1.807) is 12.1 Å². The molecule has 0 bridgehead atoms. The van der Waals surface area contributed by atoms with Gasteiger partial charge in [0.15, 0.2) is 5.75 Å². The van der Waals surface area contributed by atoms with E-state index in [1.807, 2.05) is 0 Å². The molecule has 0 aliphatic heterocycles. The van der Waals surface area contributed by atoms with Gasteiger partial charge in [0.25, 0.3) is 0 Å². The number of halogens is 4. The molecule has 21 heavy (non-hydrogen) atoms. The average Bonchev–Trinajstić information content (AvgIpc) is 2.35. The molecule has 0 radical (unpaired) electrons. The van der Waals surface area contributed by atoms with Crippen LogP contribution in [0.5, 0.6) is 5.75 Å². The zero-order valence-corrected chi connectivity index (χ0v) is 13.6. The van der Waals surface area contributed by atoms with Crippen molar-refractivity contribution >= 4 is 21.6 Å². The smallest absolute Gasteiger partial charge is 0.404 e. The second kappa shape index (κ2) is 6.46. The summed E-state index contributed by atoms with van der Waals surface area (Å²) >= 11 is 3.18. The second-order valence-corrected chi connectivity index (χ2v) is 6.75. The minimum absolute atomic E-state index is 0.172. The highest BCUT2D eigenvalue weighted by atomic mass is 79.9. The molecule has 3 unspecified atom stereocenters. The minimum atomic E-state index is -4.69. The van der Waals surface area contributed by atoms with E-state index >= 15 is 0 Å². The Morgan fingerprint density at radius 2 is 1.95 bits per heavy atom. The first-order valence-electron chi connectivity index (χ1n) is 7.06. The normalized spacial score (nSPS) is 26.5. The minimum Gasteiger partial charge on any atom is -0.404 e. The summed E-state index contributed by atoms with van der Waals surface area (Å²) in [5.41, 5.74) is 0.390. The highest BCUT2D eigenvalue weighted by molar-refractivity contribution is 9.10. The van der Waals surface area contributed by atoms with E-state index in [9.17, 15) is 13.2 Å². The van der Waals surface area contributed by atoms with Crippen LogP contribution in [0, 0.1) is 11.8 Å². The van der Waals surface area contributed by atoms with Crippen LogP contribution >= 0.6 is 15.9 Å². The van der Waals surface area contributed by atoms with Crippen molar-refractivity contribution in [3.05, 3.63) is 22.7 Å². The third kappa shape index (κ3) is 4.80. The fourth-order valence-corrected chi connectivity index (χ4v) is 3.10. The molecule has 6 heteroatoms. The van der Waals surface area contributed by atoms with Gasteiger partial charge in [0.05, 0.1) is 5.69 Å². The zero-order valence-electron chi connectivity index (χ0n) is 12.0. The molecule has 1 aromatic carbocycles. The van der Waals surface area contributed by atoms with Crippen LogP contribution in [0.4, 0.5) is 18.9 Å². The first-order valence-corrected chi connectivity index (χ1v) is 7.85. The molecule has 3 atom stereocenters. The van der Waals surface area contributed by atoms with Crippen molar-refractivity contribution in [2.24, 2.45) is 11.8 Å². The first kappa shape index (κ1) is 16.5. The van der Waals surface area contributed by atoms with Crippen LogP contribution in [-0.2, 0) is 0 Å². The third-order valence-corrected chi connectivity index (χ3v) is 4.46. The Hall–Kier alpha value is -0.910. The fraction of sp³-hybridized carbons (Fsp3) is 0.600. The molecule has 1 N–H and O–H groups in total. The van der Waals surface area contributed by atoms with Gasteiger partial charge in [0.2, 0.25) is 0 Å². The van der Waals surface area contributed by atoms with E-state index in [0.717, 1.165) is 12.8 Å². The molecule has 0 heterocycles. The van der Waals surface area contributed by atoms with E-state index in [-0.39, 0.29) is 11.8 Å². The van der Waals surface area contributed by atoms with Gasteiger partial charge < -0.3 is 10.1 Å². The number of benzene rings is 1. The molecule has 1 saturated carbocycles. The van der Waals surface area contributed by atoms with Crippen molar-refractivity contribution in [2.45, 2.75) is 45.5 Å². The predicted octanol–water partition coefficient (Wildman–Crippen LogP) is 5.58. The van der Waals surface area contributed by atoms with Crippen molar-refractivity contribution in [1.82, 2.24) is 0 Å². The number of rotatable bonds is 3. The summed E-state index contributed by atoms with van der Waals surface area (Å²) in [5, 5.41) is 3.23. The highest BCUT2D eigenvalue weighted by Gasteiger charge is 2.33. The largest absolute Gasteiger partial charge is 0.573 e. The number of hydrogen-bond acceptors (Lipinski definition) is 2. The van der Waals surface area contributed by atoms with Crippen LogP contribution in [0.2, 0.25) is 0 Å². The van der Waals surface area contributed by atoms with Crippen LogP contribution in [-0.4, -0.2) is 12.4 Å². The Morgan fingerprint density at radius 3 is 2.62 bits per heavy atom. The number of alkyl halides is 3. The van der Waals surface area contributed by atoms with Crippen LogP contribution in [0.3, 0.4) is 0 Å². The van der Waals surface area contributed by atoms with Crippen LogP contribution in [0.1, 0.15) is 33.1 Å². The van der Waals surface area contributed by atoms with Gasteiger partial charge in [0.1, 0.15) is 0 Å². The number of anilines is 1. The van der Waals surface area contributed by atoms with E-state index < -0.39 is 6.36 Å². The summed E-state index contributed by atoms with van der Waals surface area (Å²) < 4.78 is 42.2. The molecule has 2 nitrogen and oxygen atoms in total. The molecule has 1 aliphatic rings. The maximum Gasteiger partial charge on any atom is 0.573 e. The quantitative estimate of drug-likeness (QED) is 0.754. The lowest BCUT2D eigenvalue weighted by molar-refractivity contribution is -0.274. The molecule has 0 saturated heterocycles. The molecule has 0 spiro atoms. The number of nitrogens with one attached hydrogen (secondary N) is 1. The molecule has 0 amide bonds. The van der Waals surface area contributed by atoms with E-state index in [4.69, 9.17) is 0 Å². The SMILES string of the molecule is CC1CCC(C)C(Nc2ccc(Br)cc2OC(F)(F)F)C1. The van der Waals surface area contributed by atoms with Gasteiger partial charge in [-0.3, -0.25) is 0 Å². The van der Waals surface area contributed by atoms with E-state index in [2.05, 4.69) is 39.8 Å². The van der Waals surface area contributed by atoms with Crippen molar-refractivity contribution < 1.29 is 17.9 Å². The number of ether oxygens (including phenoxy) is 1. The maximum atomic E-state index is 12.5. The fourth-order valence-electron chi connectivity index (χ4n) is 2.76. The second-order valence-electron chi connectivity index (χ2n) is 5.83. The molecular weight excluding hydrogens is 347 g/mol. The summed E-state index contributed by atoms with van der Waals surface area (Å²) in [6.07, 6.45) is -1.47. The summed E-state index contributed by atoms with van der Waals surface area (Å²) in [6.45, 7) is 4.31. The Morgan fingerprint density at radius 1 is 1.24 bits per heavy atom. The predicted molar refractivity (Wildman–Crippen MR) is 80.4 cm³/mol. The van der Waals surface area contributed by atoms with Crippen molar-refractivity contribution in [1.29, 1.82) is 0 Å². The lowest BCUT2D eigenvalue weighted by atomic mass is 9.80. The summed E-state index contributed by atoms with van der Waals surface area (Å²) in [4.78, 5) is 0. The molecule has 1 fully saturated rings. The Balaban J connectivity index is 2.18. The van der Waals surface area contributed by atoms with E-state index in [1.165, 1.54) is 12.5 Å². The summed E-state index contributed by atoms with van der Waals surface area (Å²) in [7, 11) is 0. The highest BCUT2D eigenvalue weighted by Crippen LogP contribution is 2.36. The van der Waals surface area contributed by atoms with Crippen LogP contribution in [0.25, 0.3) is 0 Å². The van der Waals surface area contributed by atoms with Crippen LogP contribution < -0.4 is 10.1 Å². The Labute approximate surface area is 131 Å². The van der Waals surface area contributed by atoms with Gasteiger partial charge >= 0.3 is 6.36 Å². The molecule has 0 aromatic heterocycles. The lowest BCUT2D eigenvalue weighted by Crippen LogP contribution is -2.33. The Bertz CT molecular complexity index is 492. The van der Waals surface area contributed by atoms with Crippen LogP contribution in [0.15, 0.2) is 22.7 Å².